The molecular formula is C22H22F3N3. The number of nitriles is 1. The van der Waals surface area contributed by atoms with Crippen molar-refractivity contribution in [2.75, 3.05) is 5.32 Å². The molecule has 0 aliphatic heterocycles. The van der Waals surface area contributed by atoms with E-state index in [2.05, 4.69) is 11.4 Å². The van der Waals surface area contributed by atoms with E-state index in [4.69, 9.17) is 5.73 Å². The quantitative estimate of drug-likeness (QED) is 0.696. The lowest BCUT2D eigenvalue weighted by Crippen LogP contribution is -2.19. The van der Waals surface area contributed by atoms with Crippen molar-refractivity contribution >= 4 is 11.8 Å². The maximum absolute atomic E-state index is 13.7. The van der Waals surface area contributed by atoms with Gasteiger partial charge in [-0.25, -0.2) is 0 Å². The van der Waals surface area contributed by atoms with Crippen LogP contribution in [0.2, 0.25) is 0 Å². The minimum absolute atomic E-state index is 0.199. The molecule has 2 aromatic carbocycles. The second-order valence-electron chi connectivity index (χ2n) is 6.68. The fraction of sp³-hybridized carbons (Fsp3) is 0.227. The zero-order valence-electron chi connectivity index (χ0n) is 15.9. The van der Waals surface area contributed by atoms with Crippen molar-refractivity contribution in [1.82, 2.24) is 0 Å². The fourth-order valence-electron chi connectivity index (χ4n) is 3.13. The number of nitrogens with zero attached hydrogens (tertiary/aromatic N) is 1. The van der Waals surface area contributed by atoms with Gasteiger partial charge in [-0.05, 0) is 49.6 Å². The molecule has 0 spiro atoms. The van der Waals surface area contributed by atoms with Crippen LogP contribution in [0.5, 0.6) is 0 Å². The zero-order valence-corrected chi connectivity index (χ0v) is 15.9. The Hall–Kier alpha value is -3.20. The van der Waals surface area contributed by atoms with E-state index in [9.17, 15) is 18.4 Å². The van der Waals surface area contributed by atoms with Crippen LogP contribution in [0.4, 0.5) is 18.9 Å². The Morgan fingerprint density at radius 2 is 1.71 bits per heavy atom. The highest BCUT2D eigenvalue weighted by Gasteiger charge is 2.39. The summed E-state index contributed by atoms with van der Waals surface area (Å²) < 4.78 is 41.0. The predicted molar refractivity (Wildman–Crippen MR) is 107 cm³/mol. The molecule has 2 rings (SSSR count). The Labute approximate surface area is 163 Å². The van der Waals surface area contributed by atoms with Crippen LogP contribution in [0.15, 0.2) is 48.8 Å². The second-order valence-corrected chi connectivity index (χ2v) is 6.68. The lowest BCUT2D eigenvalue weighted by atomic mass is 9.93. The van der Waals surface area contributed by atoms with E-state index in [1.165, 1.54) is 18.5 Å². The number of hydrogen-bond acceptors (Lipinski definition) is 3. The van der Waals surface area contributed by atoms with Crippen LogP contribution in [-0.2, 0) is 0 Å². The van der Waals surface area contributed by atoms with Gasteiger partial charge in [0.1, 0.15) is 6.07 Å². The monoisotopic (exact) mass is 385 g/mol. The molecule has 1 unspecified atom stereocenters. The number of nitrogens with one attached hydrogen (secondary N) is 1. The summed E-state index contributed by atoms with van der Waals surface area (Å²) >= 11 is 0. The summed E-state index contributed by atoms with van der Waals surface area (Å²) in [6.07, 6.45) is 0.908. The van der Waals surface area contributed by atoms with Crippen LogP contribution in [0.3, 0.4) is 0 Å². The van der Waals surface area contributed by atoms with Crippen LogP contribution in [0.25, 0.3) is 6.08 Å². The summed E-state index contributed by atoms with van der Waals surface area (Å²) in [6, 6.07) is 10.3. The van der Waals surface area contributed by atoms with Crippen molar-refractivity contribution in [3.63, 3.8) is 0 Å². The van der Waals surface area contributed by atoms with E-state index in [-0.39, 0.29) is 5.56 Å². The third-order valence-corrected chi connectivity index (χ3v) is 4.24. The lowest BCUT2D eigenvalue weighted by molar-refractivity contribution is -0.139. The van der Waals surface area contributed by atoms with Crippen LogP contribution >= 0.6 is 0 Å². The minimum atomic E-state index is -4.42. The van der Waals surface area contributed by atoms with E-state index in [0.29, 0.717) is 16.8 Å². The van der Waals surface area contributed by atoms with Crippen molar-refractivity contribution in [1.29, 1.82) is 5.26 Å². The fourth-order valence-corrected chi connectivity index (χ4v) is 3.13. The number of alkyl halides is 3. The summed E-state index contributed by atoms with van der Waals surface area (Å²) in [6.45, 7) is 5.32. The van der Waals surface area contributed by atoms with E-state index in [0.717, 1.165) is 22.8 Å². The largest absolute Gasteiger partial charge is 0.403 e. The molecule has 0 bridgehead atoms. The van der Waals surface area contributed by atoms with Crippen molar-refractivity contribution in [3.8, 4) is 6.07 Å². The van der Waals surface area contributed by atoms with Gasteiger partial charge in [0.25, 0.3) is 0 Å². The maximum atomic E-state index is 13.7. The topological polar surface area (TPSA) is 61.8 Å². The predicted octanol–water partition coefficient (Wildman–Crippen LogP) is 5.68. The Morgan fingerprint density at radius 3 is 2.25 bits per heavy atom. The highest BCUT2D eigenvalue weighted by Crippen LogP contribution is 2.37. The molecule has 0 fully saturated rings. The molecule has 0 radical (unpaired) electrons. The SMILES string of the molecule is Cc1cc(C)cc(C(/C=C/c2cc(C)c(N/C=C/N)c(C#N)c2)C(F)(F)F)c1. The molecule has 0 aliphatic rings. The van der Waals surface area contributed by atoms with Gasteiger partial charge in [0.2, 0.25) is 0 Å². The highest BCUT2D eigenvalue weighted by molar-refractivity contribution is 5.68. The average molecular weight is 385 g/mol. The van der Waals surface area contributed by atoms with Crippen LogP contribution in [-0.4, -0.2) is 6.18 Å². The highest BCUT2D eigenvalue weighted by atomic mass is 19.4. The molecule has 2 aromatic rings. The molecule has 3 N–H and O–H groups in total. The first-order valence-corrected chi connectivity index (χ1v) is 8.67. The Kier molecular flexibility index (Phi) is 6.53. The van der Waals surface area contributed by atoms with Gasteiger partial charge in [-0.15, -0.1) is 0 Å². The molecular weight excluding hydrogens is 363 g/mol. The molecule has 28 heavy (non-hydrogen) atoms. The molecule has 0 aliphatic carbocycles. The number of halogens is 3. The van der Waals surface area contributed by atoms with Crippen molar-refractivity contribution in [3.05, 3.63) is 82.2 Å². The second kappa shape index (κ2) is 8.66. The third kappa shape index (κ3) is 5.17. The lowest BCUT2D eigenvalue weighted by Gasteiger charge is -2.18. The van der Waals surface area contributed by atoms with Crippen LogP contribution < -0.4 is 11.1 Å². The van der Waals surface area contributed by atoms with Gasteiger partial charge in [0.05, 0.1) is 17.2 Å². The van der Waals surface area contributed by atoms with E-state index in [1.807, 2.05) is 6.07 Å². The van der Waals surface area contributed by atoms with Crippen molar-refractivity contribution < 1.29 is 13.2 Å². The standard InChI is InChI=1S/C22H22F3N3/c1-14-8-15(2)10-18(9-14)20(22(23,24)25)5-4-17-11-16(3)21(28-7-6-26)19(12-17)13-27/h4-12,20,28H,26H2,1-3H3/b5-4+,7-6+. The maximum Gasteiger partial charge on any atom is 0.399 e. The molecule has 1 atom stereocenters. The number of aryl methyl sites for hydroxylation is 3. The summed E-state index contributed by atoms with van der Waals surface area (Å²) in [7, 11) is 0. The average Bonchev–Trinajstić information content (AvgIpc) is 2.58. The van der Waals surface area contributed by atoms with Gasteiger partial charge in [-0.2, -0.15) is 18.4 Å². The van der Waals surface area contributed by atoms with Crippen LogP contribution in [0, 0.1) is 32.1 Å². The van der Waals surface area contributed by atoms with Crippen LogP contribution in [0.1, 0.15) is 39.3 Å². The molecule has 6 heteroatoms. The van der Waals surface area contributed by atoms with Crippen molar-refractivity contribution in [2.45, 2.75) is 32.9 Å². The summed E-state index contributed by atoms with van der Waals surface area (Å²) in [4.78, 5) is 0. The number of anilines is 1. The molecule has 3 nitrogen and oxygen atoms in total. The summed E-state index contributed by atoms with van der Waals surface area (Å²) in [5.74, 6) is -1.73. The van der Waals surface area contributed by atoms with E-state index >= 15 is 0 Å². The molecule has 146 valence electrons. The summed E-state index contributed by atoms with van der Waals surface area (Å²) in [5, 5.41) is 12.3. The molecule has 0 aromatic heterocycles. The molecule has 0 amide bonds. The van der Waals surface area contributed by atoms with Gasteiger partial charge >= 0.3 is 6.18 Å². The zero-order chi connectivity index (χ0) is 20.9. The Morgan fingerprint density at radius 1 is 1.07 bits per heavy atom. The van der Waals surface area contributed by atoms with Gasteiger partial charge in [0.15, 0.2) is 0 Å². The van der Waals surface area contributed by atoms with E-state index in [1.54, 1.807) is 45.0 Å². The summed E-state index contributed by atoms with van der Waals surface area (Å²) in [5.41, 5.74) is 9.21. The van der Waals surface area contributed by atoms with Gasteiger partial charge < -0.3 is 11.1 Å². The van der Waals surface area contributed by atoms with Crippen molar-refractivity contribution in [2.24, 2.45) is 5.73 Å². The smallest absolute Gasteiger partial charge is 0.399 e. The first-order valence-electron chi connectivity index (χ1n) is 8.67. The normalized spacial score (nSPS) is 13.0. The van der Waals surface area contributed by atoms with E-state index < -0.39 is 12.1 Å². The van der Waals surface area contributed by atoms with Gasteiger partial charge in [0, 0.05) is 12.4 Å². The third-order valence-electron chi connectivity index (χ3n) is 4.24. The minimum Gasteiger partial charge on any atom is -0.403 e. The number of nitrogens with two attached hydrogens (primary N) is 1. The number of rotatable bonds is 5. The number of benzene rings is 2. The number of hydrogen-bond donors (Lipinski definition) is 2. The first kappa shape index (κ1) is 21.1. The molecule has 0 heterocycles. The first-order chi connectivity index (χ1) is 13.2. The molecule has 0 saturated heterocycles. The van der Waals surface area contributed by atoms with Gasteiger partial charge in [-0.3, -0.25) is 0 Å². The number of allylic oxidation sites excluding steroid dienone is 1. The Balaban J connectivity index is 2.45. The molecule has 0 saturated carbocycles. The Bertz CT molecular complexity index is 930. The van der Waals surface area contributed by atoms with Gasteiger partial charge in [-0.1, -0.05) is 41.5 Å².